The first kappa shape index (κ1) is 13.6. The molecular weight excluding hydrogens is 288 g/mol. The third-order valence-corrected chi connectivity index (χ3v) is 4.28. The Morgan fingerprint density at radius 2 is 2.17 bits per heavy atom. The van der Waals surface area contributed by atoms with Crippen LogP contribution in [0.4, 0.5) is 0 Å². The fraction of sp³-hybridized carbons (Fsp3) is 0.533. The van der Waals surface area contributed by atoms with Crippen LogP contribution in [0.2, 0.25) is 0 Å². The van der Waals surface area contributed by atoms with Gasteiger partial charge in [0.2, 0.25) is 0 Å². The highest BCUT2D eigenvalue weighted by Crippen LogP contribution is 2.28. The first-order chi connectivity index (χ1) is 8.70. The van der Waals surface area contributed by atoms with Gasteiger partial charge in [0.25, 0.3) is 0 Å². The smallest absolute Gasteiger partial charge is 0.0672 e. The normalized spacial score (nSPS) is 23.9. The van der Waals surface area contributed by atoms with Gasteiger partial charge in [-0.05, 0) is 37.6 Å². The maximum Gasteiger partial charge on any atom is 0.0672 e. The predicted octanol–water partition coefficient (Wildman–Crippen LogP) is 3.96. The van der Waals surface area contributed by atoms with E-state index in [0.717, 1.165) is 23.9 Å². The van der Waals surface area contributed by atoms with Crippen LogP contribution in [0.5, 0.6) is 0 Å². The zero-order valence-corrected chi connectivity index (χ0v) is 12.4. The molecule has 0 N–H and O–H groups in total. The van der Waals surface area contributed by atoms with Crippen LogP contribution in [-0.2, 0) is 6.54 Å². The van der Waals surface area contributed by atoms with Crippen LogP contribution in [0.3, 0.4) is 0 Å². The summed E-state index contributed by atoms with van der Waals surface area (Å²) in [5.41, 5.74) is 1.30. The average molecular weight is 307 g/mol. The lowest BCUT2D eigenvalue weighted by molar-refractivity contribution is 0.150. The predicted molar refractivity (Wildman–Crippen MR) is 77.0 cm³/mol. The lowest BCUT2D eigenvalue weighted by Gasteiger charge is -2.34. The maximum absolute atomic E-state index is 9.24. The lowest BCUT2D eigenvalue weighted by Crippen LogP contribution is -2.39. The molecule has 2 unspecified atom stereocenters. The molecule has 0 aliphatic heterocycles. The summed E-state index contributed by atoms with van der Waals surface area (Å²) in [5.74, 6) is 0.205. The summed E-state index contributed by atoms with van der Waals surface area (Å²) >= 11 is 3.50. The number of nitrogens with zero attached hydrogens (tertiary/aromatic N) is 2. The molecule has 96 valence electrons. The molecule has 0 bridgehead atoms. The summed E-state index contributed by atoms with van der Waals surface area (Å²) in [4.78, 5) is 2.34. The van der Waals surface area contributed by atoms with E-state index in [0.29, 0.717) is 6.04 Å². The molecule has 1 aromatic carbocycles. The fourth-order valence-corrected chi connectivity index (χ4v) is 3.28. The average Bonchev–Trinajstić information content (AvgIpc) is 2.38. The van der Waals surface area contributed by atoms with Crippen molar-refractivity contribution in [3.05, 3.63) is 34.3 Å². The fourth-order valence-electron chi connectivity index (χ4n) is 2.83. The van der Waals surface area contributed by atoms with E-state index in [-0.39, 0.29) is 5.92 Å². The highest BCUT2D eigenvalue weighted by Gasteiger charge is 2.28. The second kappa shape index (κ2) is 6.36. The van der Waals surface area contributed by atoms with Gasteiger partial charge in [-0.3, -0.25) is 4.90 Å². The molecular formula is C15H19BrN2. The first-order valence-electron chi connectivity index (χ1n) is 6.55. The maximum atomic E-state index is 9.24. The van der Waals surface area contributed by atoms with Gasteiger partial charge in [0.1, 0.15) is 0 Å². The molecule has 3 heteroatoms. The van der Waals surface area contributed by atoms with Crippen LogP contribution < -0.4 is 0 Å². The molecule has 2 atom stereocenters. The summed E-state index contributed by atoms with van der Waals surface area (Å²) in [6, 6.07) is 11.3. The van der Waals surface area contributed by atoms with E-state index in [9.17, 15) is 5.26 Å². The van der Waals surface area contributed by atoms with Gasteiger partial charge < -0.3 is 0 Å². The van der Waals surface area contributed by atoms with Gasteiger partial charge in [-0.2, -0.15) is 5.26 Å². The van der Waals surface area contributed by atoms with Crippen LogP contribution in [0, 0.1) is 17.2 Å². The number of hydrogen-bond acceptors (Lipinski definition) is 2. The van der Waals surface area contributed by atoms with Crippen molar-refractivity contribution in [3.8, 4) is 6.07 Å². The molecule has 1 saturated carbocycles. The Balaban J connectivity index is 2.02. The Bertz CT molecular complexity index is 438. The van der Waals surface area contributed by atoms with Gasteiger partial charge in [0.15, 0.2) is 0 Å². The Labute approximate surface area is 118 Å². The number of halogens is 1. The third-order valence-electron chi connectivity index (χ3n) is 3.78. The minimum Gasteiger partial charge on any atom is -0.298 e. The molecule has 2 rings (SSSR count). The van der Waals surface area contributed by atoms with Crippen molar-refractivity contribution >= 4 is 15.9 Å². The molecule has 1 aliphatic carbocycles. The van der Waals surface area contributed by atoms with Crippen molar-refractivity contribution in [2.45, 2.75) is 38.3 Å². The van der Waals surface area contributed by atoms with Crippen LogP contribution in [0.1, 0.15) is 31.2 Å². The molecule has 18 heavy (non-hydrogen) atoms. The molecule has 0 aromatic heterocycles. The standard InChI is InChI=1S/C15H19BrN2/c1-18(11-12-5-4-7-14(16)9-12)15-8-3-2-6-13(15)10-17/h4-5,7,9,13,15H,2-3,6,8,11H2,1H3. The van der Waals surface area contributed by atoms with Gasteiger partial charge in [0, 0.05) is 17.1 Å². The van der Waals surface area contributed by atoms with Crippen molar-refractivity contribution in [2.24, 2.45) is 5.92 Å². The van der Waals surface area contributed by atoms with Crippen molar-refractivity contribution in [1.82, 2.24) is 4.90 Å². The van der Waals surface area contributed by atoms with Gasteiger partial charge in [-0.15, -0.1) is 0 Å². The number of hydrogen-bond donors (Lipinski definition) is 0. The molecule has 0 radical (unpaired) electrons. The minimum atomic E-state index is 0.205. The summed E-state index contributed by atoms with van der Waals surface area (Å²) in [5, 5.41) is 9.24. The van der Waals surface area contributed by atoms with Gasteiger partial charge in [-0.25, -0.2) is 0 Å². The Morgan fingerprint density at radius 1 is 1.39 bits per heavy atom. The highest BCUT2D eigenvalue weighted by molar-refractivity contribution is 9.10. The third kappa shape index (κ3) is 3.34. The second-order valence-corrected chi connectivity index (χ2v) is 6.05. The molecule has 0 saturated heterocycles. The topological polar surface area (TPSA) is 27.0 Å². The van der Waals surface area contributed by atoms with Crippen LogP contribution in [-0.4, -0.2) is 18.0 Å². The molecule has 0 heterocycles. The summed E-state index contributed by atoms with van der Waals surface area (Å²) in [6.07, 6.45) is 4.68. The summed E-state index contributed by atoms with van der Waals surface area (Å²) in [6.45, 7) is 0.919. The van der Waals surface area contributed by atoms with Crippen molar-refractivity contribution in [3.63, 3.8) is 0 Å². The number of benzene rings is 1. The monoisotopic (exact) mass is 306 g/mol. The van der Waals surface area contributed by atoms with Crippen molar-refractivity contribution in [2.75, 3.05) is 7.05 Å². The van der Waals surface area contributed by atoms with E-state index in [1.54, 1.807) is 0 Å². The number of rotatable bonds is 3. The Kier molecular flexibility index (Phi) is 4.79. The summed E-state index contributed by atoms with van der Waals surface area (Å²) in [7, 11) is 2.14. The highest BCUT2D eigenvalue weighted by atomic mass is 79.9. The quantitative estimate of drug-likeness (QED) is 0.845. The van der Waals surface area contributed by atoms with Crippen LogP contribution in [0.25, 0.3) is 0 Å². The van der Waals surface area contributed by atoms with Crippen molar-refractivity contribution < 1.29 is 0 Å². The molecule has 0 spiro atoms. The molecule has 1 fully saturated rings. The number of nitriles is 1. The molecule has 1 aromatic rings. The van der Waals surface area contributed by atoms with Crippen LogP contribution in [0.15, 0.2) is 28.7 Å². The lowest BCUT2D eigenvalue weighted by atomic mass is 9.84. The first-order valence-corrected chi connectivity index (χ1v) is 7.34. The van der Waals surface area contributed by atoms with E-state index >= 15 is 0 Å². The Morgan fingerprint density at radius 3 is 2.89 bits per heavy atom. The van der Waals surface area contributed by atoms with Crippen molar-refractivity contribution in [1.29, 1.82) is 5.26 Å². The zero-order valence-electron chi connectivity index (χ0n) is 10.8. The van der Waals surface area contributed by atoms with E-state index in [2.05, 4.69) is 52.1 Å². The van der Waals surface area contributed by atoms with Gasteiger partial charge in [0.05, 0.1) is 12.0 Å². The largest absolute Gasteiger partial charge is 0.298 e. The second-order valence-electron chi connectivity index (χ2n) is 5.13. The Hall–Kier alpha value is -0.850. The van der Waals surface area contributed by atoms with Gasteiger partial charge in [-0.1, -0.05) is 40.9 Å². The zero-order chi connectivity index (χ0) is 13.0. The van der Waals surface area contributed by atoms with E-state index < -0.39 is 0 Å². The molecule has 0 amide bonds. The van der Waals surface area contributed by atoms with Gasteiger partial charge >= 0.3 is 0 Å². The molecule has 1 aliphatic rings. The van der Waals surface area contributed by atoms with Crippen LogP contribution >= 0.6 is 15.9 Å². The molecule has 2 nitrogen and oxygen atoms in total. The van der Waals surface area contributed by atoms with E-state index in [1.807, 2.05) is 6.07 Å². The van der Waals surface area contributed by atoms with E-state index in [1.165, 1.54) is 18.4 Å². The minimum absolute atomic E-state index is 0.205. The van der Waals surface area contributed by atoms with E-state index in [4.69, 9.17) is 0 Å². The SMILES string of the molecule is CN(Cc1cccc(Br)c1)C1CCCCC1C#N. The summed E-state index contributed by atoms with van der Waals surface area (Å²) < 4.78 is 1.12.